The monoisotopic (exact) mass is 151 g/mol. The van der Waals surface area contributed by atoms with Crippen LogP contribution in [-0.2, 0) is 0 Å². The van der Waals surface area contributed by atoms with Gasteiger partial charge in [-0.25, -0.2) is 4.79 Å². The molecular formula is C8H9NO2. The second kappa shape index (κ2) is 1.53. The first-order valence-electron chi connectivity index (χ1n) is 3.59. The molecule has 0 radical (unpaired) electrons. The quantitative estimate of drug-likeness (QED) is 0.545. The van der Waals surface area contributed by atoms with Crippen molar-refractivity contribution in [2.45, 2.75) is 24.8 Å². The molecule has 3 nitrogen and oxygen atoms in total. The second-order valence-electron chi connectivity index (χ2n) is 3.67. The lowest BCUT2D eigenvalue weighted by molar-refractivity contribution is -0.102. The third-order valence-corrected chi connectivity index (χ3v) is 2.71. The third kappa shape index (κ3) is 0.668. The van der Waals surface area contributed by atoms with E-state index in [0.717, 1.165) is 19.3 Å². The van der Waals surface area contributed by atoms with E-state index in [1.807, 2.05) is 0 Å². The highest BCUT2D eigenvalue weighted by Gasteiger charge is 2.68. The molecular weight excluding hydrogens is 142 g/mol. The summed E-state index contributed by atoms with van der Waals surface area (Å²) in [6, 6.07) is 0. The van der Waals surface area contributed by atoms with Gasteiger partial charge in [0, 0.05) is 11.0 Å². The molecule has 3 aliphatic rings. The number of hydrogen-bond donors (Lipinski definition) is 2. The molecule has 2 N–H and O–H groups in total. The molecule has 0 atom stereocenters. The van der Waals surface area contributed by atoms with Crippen LogP contribution in [0, 0.1) is 17.8 Å². The van der Waals surface area contributed by atoms with Crippen LogP contribution in [0.1, 0.15) is 19.3 Å². The first kappa shape index (κ1) is 6.53. The van der Waals surface area contributed by atoms with E-state index in [0.29, 0.717) is 0 Å². The van der Waals surface area contributed by atoms with Crippen molar-refractivity contribution < 1.29 is 9.90 Å². The summed E-state index contributed by atoms with van der Waals surface area (Å²) in [6.45, 7) is 0. The molecule has 0 aromatic heterocycles. The van der Waals surface area contributed by atoms with E-state index in [-0.39, 0.29) is 11.0 Å². The molecule has 0 aliphatic heterocycles. The molecule has 0 aromatic rings. The molecule has 0 saturated heterocycles. The molecule has 1 amide bonds. The Bertz CT molecular complexity index is 244. The van der Waals surface area contributed by atoms with E-state index in [1.165, 1.54) is 0 Å². The van der Waals surface area contributed by atoms with Crippen LogP contribution in [-0.4, -0.2) is 16.7 Å². The molecule has 0 aromatic carbocycles. The van der Waals surface area contributed by atoms with Gasteiger partial charge in [-0.1, -0.05) is 5.92 Å². The molecule has 0 spiro atoms. The Kier molecular flexibility index (Phi) is 0.907. The molecule has 11 heavy (non-hydrogen) atoms. The lowest BCUT2D eigenvalue weighted by Gasteiger charge is -2.67. The first-order chi connectivity index (χ1) is 5.10. The fraction of sp³-hybridized carbons (Fsp3) is 0.625. The second-order valence-corrected chi connectivity index (χ2v) is 3.67. The maximum atomic E-state index is 10.3. The van der Waals surface area contributed by atoms with Crippen LogP contribution >= 0.6 is 0 Å². The Hall–Kier alpha value is -1.17. The van der Waals surface area contributed by atoms with Crippen molar-refractivity contribution in [3.8, 4) is 12.3 Å². The van der Waals surface area contributed by atoms with Gasteiger partial charge < -0.3 is 10.4 Å². The standard InChI is InChI=1S/C8H9NO2/c1-2-7-3-8(4-7,5-7)9-6(10)11/h1,9H,3-5H2,(H,10,11). The van der Waals surface area contributed by atoms with Gasteiger partial charge in [0.1, 0.15) is 0 Å². The van der Waals surface area contributed by atoms with Crippen molar-refractivity contribution >= 4 is 6.09 Å². The number of terminal acetylenes is 1. The van der Waals surface area contributed by atoms with Crippen molar-refractivity contribution in [1.82, 2.24) is 5.32 Å². The van der Waals surface area contributed by atoms with Crippen LogP contribution < -0.4 is 5.32 Å². The average Bonchev–Trinajstić information content (AvgIpc) is 1.74. The summed E-state index contributed by atoms with van der Waals surface area (Å²) in [7, 11) is 0. The number of carbonyl (C=O) groups is 1. The lowest BCUT2D eigenvalue weighted by atomic mass is 9.40. The zero-order valence-electron chi connectivity index (χ0n) is 6.05. The lowest BCUT2D eigenvalue weighted by Crippen LogP contribution is -2.74. The van der Waals surface area contributed by atoms with Crippen LogP contribution in [0.2, 0.25) is 0 Å². The minimum Gasteiger partial charge on any atom is -0.465 e. The summed E-state index contributed by atoms with van der Waals surface area (Å²) in [5.41, 5.74) is -0.0827. The van der Waals surface area contributed by atoms with E-state index in [1.54, 1.807) is 0 Å². The summed E-state index contributed by atoms with van der Waals surface area (Å²) in [6.07, 6.45) is 6.84. The SMILES string of the molecule is C#CC12CC(NC(=O)O)(C1)C2. The molecule has 3 rings (SSSR count). The van der Waals surface area contributed by atoms with Crippen molar-refractivity contribution in [2.75, 3.05) is 0 Å². The normalized spacial score (nSPS) is 44.6. The molecule has 3 aliphatic carbocycles. The Labute approximate surface area is 64.8 Å². The van der Waals surface area contributed by atoms with E-state index < -0.39 is 6.09 Å². The maximum Gasteiger partial charge on any atom is 0.405 e. The minimum atomic E-state index is -0.935. The molecule has 3 saturated carbocycles. The van der Waals surface area contributed by atoms with Crippen molar-refractivity contribution in [2.24, 2.45) is 5.41 Å². The van der Waals surface area contributed by atoms with Gasteiger partial charge in [0.2, 0.25) is 0 Å². The first-order valence-corrected chi connectivity index (χ1v) is 3.59. The molecule has 0 unspecified atom stereocenters. The predicted octanol–water partition coefficient (Wildman–Crippen LogP) is 0.810. The number of hydrogen-bond acceptors (Lipinski definition) is 1. The van der Waals surface area contributed by atoms with Crippen LogP contribution in [0.3, 0.4) is 0 Å². The van der Waals surface area contributed by atoms with Gasteiger partial charge in [0.25, 0.3) is 0 Å². The van der Waals surface area contributed by atoms with Crippen molar-refractivity contribution in [3.05, 3.63) is 0 Å². The van der Waals surface area contributed by atoms with Crippen LogP contribution in [0.15, 0.2) is 0 Å². The Balaban J connectivity index is 1.95. The van der Waals surface area contributed by atoms with E-state index in [9.17, 15) is 4.79 Å². The van der Waals surface area contributed by atoms with Gasteiger partial charge >= 0.3 is 6.09 Å². The fourth-order valence-electron chi connectivity index (χ4n) is 2.30. The third-order valence-electron chi connectivity index (χ3n) is 2.71. The summed E-state index contributed by atoms with van der Waals surface area (Å²) in [5, 5.41) is 10.9. The fourth-order valence-corrected chi connectivity index (χ4v) is 2.30. The topological polar surface area (TPSA) is 49.3 Å². The van der Waals surface area contributed by atoms with Crippen LogP contribution in [0.5, 0.6) is 0 Å². The largest absolute Gasteiger partial charge is 0.465 e. The highest BCUT2D eigenvalue weighted by molar-refractivity contribution is 5.67. The van der Waals surface area contributed by atoms with Crippen molar-refractivity contribution in [3.63, 3.8) is 0 Å². The molecule has 58 valence electrons. The van der Waals surface area contributed by atoms with Gasteiger partial charge in [-0.3, -0.25) is 0 Å². The minimum absolute atomic E-state index is 0.0580. The molecule has 0 heterocycles. The number of nitrogens with one attached hydrogen (secondary N) is 1. The van der Waals surface area contributed by atoms with Gasteiger partial charge in [-0.15, -0.1) is 6.42 Å². The highest BCUT2D eigenvalue weighted by Crippen LogP contribution is 2.66. The molecule has 2 bridgehead atoms. The Morgan fingerprint density at radius 2 is 2.09 bits per heavy atom. The van der Waals surface area contributed by atoms with Crippen LogP contribution in [0.4, 0.5) is 4.79 Å². The Morgan fingerprint density at radius 1 is 1.55 bits per heavy atom. The van der Waals surface area contributed by atoms with Crippen LogP contribution in [0.25, 0.3) is 0 Å². The smallest absolute Gasteiger partial charge is 0.405 e. The summed E-state index contributed by atoms with van der Waals surface area (Å²) >= 11 is 0. The number of carboxylic acid groups (broad SMARTS) is 1. The zero-order chi connectivity index (χ0) is 8.11. The summed E-state index contributed by atoms with van der Waals surface area (Å²) in [5.74, 6) is 2.71. The van der Waals surface area contributed by atoms with Crippen molar-refractivity contribution in [1.29, 1.82) is 0 Å². The van der Waals surface area contributed by atoms with E-state index in [4.69, 9.17) is 11.5 Å². The summed E-state index contributed by atoms with van der Waals surface area (Å²) < 4.78 is 0. The Morgan fingerprint density at radius 3 is 2.45 bits per heavy atom. The summed E-state index contributed by atoms with van der Waals surface area (Å²) in [4.78, 5) is 10.3. The van der Waals surface area contributed by atoms with Gasteiger partial charge in [-0.05, 0) is 19.3 Å². The average molecular weight is 151 g/mol. The van der Waals surface area contributed by atoms with E-state index >= 15 is 0 Å². The number of amides is 1. The van der Waals surface area contributed by atoms with Gasteiger partial charge in [-0.2, -0.15) is 0 Å². The molecule has 3 heteroatoms. The predicted molar refractivity (Wildman–Crippen MR) is 39.0 cm³/mol. The maximum absolute atomic E-state index is 10.3. The number of rotatable bonds is 1. The van der Waals surface area contributed by atoms with E-state index in [2.05, 4.69) is 11.2 Å². The highest BCUT2D eigenvalue weighted by atomic mass is 16.4. The molecule has 3 fully saturated rings. The van der Waals surface area contributed by atoms with Gasteiger partial charge in [0.05, 0.1) is 0 Å². The van der Waals surface area contributed by atoms with Gasteiger partial charge in [0.15, 0.2) is 0 Å². The zero-order valence-corrected chi connectivity index (χ0v) is 6.05.